The van der Waals surface area contributed by atoms with Gasteiger partial charge in [-0.15, -0.1) is 0 Å². The van der Waals surface area contributed by atoms with E-state index in [1.165, 1.54) is 18.2 Å². The molecule has 3 rings (SSSR count). The van der Waals surface area contributed by atoms with Gasteiger partial charge < -0.3 is 14.8 Å². The summed E-state index contributed by atoms with van der Waals surface area (Å²) < 4.78 is 18.7. The molecule has 5 heteroatoms. The molecule has 0 bridgehead atoms. The number of hydrogen-bond acceptors (Lipinski definition) is 3. The molecule has 23 heavy (non-hydrogen) atoms. The van der Waals surface area contributed by atoms with Gasteiger partial charge in [0.05, 0.1) is 19.1 Å². The number of aliphatic hydroxyl groups excluding tert-OH is 1. The summed E-state index contributed by atoms with van der Waals surface area (Å²) in [5, 5.41) is 13.6. The van der Waals surface area contributed by atoms with E-state index in [1.807, 2.05) is 30.3 Å². The lowest BCUT2D eigenvalue weighted by Crippen LogP contribution is -2.24. The summed E-state index contributed by atoms with van der Waals surface area (Å²) in [6.07, 6.45) is -1.18. The smallest absolute Gasteiger partial charge is 0.223 e. The third kappa shape index (κ3) is 3.76. The van der Waals surface area contributed by atoms with Crippen molar-refractivity contribution in [1.82, 2.24) is 5.32 Å². The first kappa shape index (κ1) is 15.2. The minimum Gasteiger partial charge on any atom is -0.459 e. The third-order valence-corrected chi connectivity index (χ3v) is 3.55. The molecule has 0 aliphatic rings. The summed E-state index contributed by atoms with van der Waals surface area (Å²) in [7, 11) is 0. The molecule has 1 aromatic heterocycles. The quantitative estimate of drug-likeness (QED) is 0.759. The predicted octanol–water partition coefficient (Wildman–Crippen LogP) is 3.31. The molecular weight excluding hydrogens is 297 g/mol. The standard InChI is InChI=1S/C18H16FNO3/c19-14-6-3-5-12(8-14)16(21)10-18(22)20-11-15-9-13-4-1-2-7-17(13)23-15/h1-9,16,21H,10-11H2,(H,20,22). The second-order valence-electron chi connectivity index (χ2n) is 5.30. The van der Waals surface area contributed by atoms with Gasteiger partial charge in [-0.2, -0.15) is 0 Å². The highest BCUT2D eigenvalue weighted by Gasteiger charge is 2.14. The largest absolute Gasteiger partial charge is 0.459 e. The van der Waals surface area contributed by atoms with Gasteiger partial charge >= 0.3 is 0 Å². The second kappa shape index (κ2) is 6.62. The number of nitrogens with one attached hydrogen (secondary N) is 1. The van der Waals surface area contributed by atoms with Crippen LogP contribution in [0, 0.1) is 5.82 Å². The highest BCUT2D eigenvalue weighted by atomic mass is 19.1. The van der Waals surface area contributed by atoms with Crippen LogP contribution in [0.5, 0.6) is 0 Å². The first-order valence-corrected chi connectivity index (χ1v) is 7.29. The van der Waals surface area contributed by atoms with Crippen molar-refractivity contribution in [2.24, 2.45) is 0 Å². The Labute approximate surface area is 132 Å². The molecular formula is C18H16FNO3. The Kier molecular flexibility index (Phi) is 4.39. The number of hydrogen-bond donors (Lipinski definition) is 2. The lowest BCUT2D eigenvalue weighted by Gasteiger charge is -2.10. The monoisotopic (exact) mass is 313 g/mol. The Hall–Kier alpha value is -2.66. The van der Waals surface area contributed by atoms with Crippen LogP contribution in [0.2, 0.25) is 0 Å². The first-order valence-electron chi connectivity index (χ1n) is 7.29. The Morgan fingerprint density at radius 3 is 2.78 bits per heavy atom. The molecule has 1 atom stereocenters. The zero-order chi connectivity index (χ0) is 16.2. The van der Waals surface area contributed by atoms with Crippen molar-refractivity contribution in [1.29, 1.82) is 0 Å². The van der Waals surface area contributed by atoms with E-state index >= 15 is 0 Å². The number of aliphatic hydroxyl groups is 1. The molecule has 0 aliphatic heterocycles. The summed E-state index contributed by atoms with van der Waals surface area (Å²) in [6.45, 7) is 0.239. The minimum absolute atomic E-state index is 0.135. The predicted molar refractivity (Wildman–Crippen MR) is 84.0 cm³/mol. The lowest BCUT2D eigenvalue weighted by molar-refractivity contribution is -0.123. The molecule has 0 radical (unpaired) electrons. The van der Waals surface area contributed by atoms with Crippen LogP contribution in [-0.2, 0) is 11.3 Å². The third-order valence-electron chi connectivity index (χ3n) is 3.55. The molecule has 1 unspecified atom stereocenters. The second-order valence-corrected chi connectivity index (χ2v) is 5.30. The van der Waals surface area contributed by atoms with Crippen molar-refractivity contribution >= 4 is 16.9 Å². The van der Waals surface area contributed by atoms with Gasteiger partial charge in [-0.1, -0.05) is 30.3 Å². The van der Waals surface area contributed by atoms with Gasteiger partial charge in [0.15, 0.2) is 0 Å². The Bertz CT molecular complexity index is 795. The summed E-state index contributed by atoms with van der Waals surface area (Å²) in [5.41, 5.74) is 1.14. The van der Waals surface area contributed by atoms with Crippen LogP contribution in [0.1, 0.15) is 23.8 Å². The van der Waals surface area contributed by atoms with Crippen molar-refractivity contribution in [2.75, 3.05) is 0 Å². The van der Waals surface area contributed by atoms with Crippen LogP contribution in [0.3, 0.4) is 0 Å². The number of amides is 1. The van der Waals surface area contributed by atoms with E-state index in [2.05, 4.69) is 5.32 Å². The highest BCUT2D eigenvalue weighted by molar-refractivity contribution is 5.78. The Balaban J connectivity index is 1.57. The van der Waals surface area contributed by atoms with E-state index in [-0.39, 0.29) is 18.9 Å². The van der Waals surface area contributed by atoms with E-state index in [0.29, 0.717) is 11.3 Å². The molecule has 3 aromatic rings. The van der Waals surface area contributed by atoms with Crippen molar-refractivity contribution in [3.8, 4) is 0 Å². The zero-order valence-corrected chi connectivity index (χ0v) is 12.3. The van der Waals surface area contributed by atoms with Crippen LogP contribution in [0.25, 0.3) is 11.0 Å². The van der Waals surface area contributed by atoms with Gasteiger partial charge in [0.1, 0.15) is 17.2 Å². The van der Waals surface area contributed by atoms with Crippen molar-refractivity contribution in [2.45, 2.75) is 19.1 Å². The van der Waals surface area contributed by atoms with Gasteiger partial charge in [-0.25, -0.2) is 4.39 Å². The molecule has 0 spiro atoms. The maximum atomic E-state index is 13.1. The molecule has 2 N–H and O–H groups in total. The average molecular weight is 313 g/mol. The van der Waals surface area contributed by atoms with Crippen LogP contribution >= 0.6 is 0 Å². The van der Waals surface area contributed by atoms with Crippen molar-refractivity contribution in [3.05, 3.63) is 71.7 Å². The number of benzene rings is 2. The SMILES string of the molecule is O=C(CC(O)c1cccc(F)c1)NCc1cc2ccccc2o1. The summed E-state index contributed by atoms with van der Waals surface area (Å²) >= 11 is 0. The fraction of sp³-hybridized carbons (Fsp3) is 0.167. The fourth-order valence-electron chi connectivity index (χ4n) is 2.39. The minimum atomic E-state index is -1.04. The molecule has 0 aliphatic carbocycles. The number of carbonyl (C=O) groups excluding carboxylic acids is 1. The van der Waals surface area contributed by atoms with Crippen molar-refractivity contribution < 1.29 is 18.7 Å². The number of fused-ring (bicyclic) bond motifs is 1. The van der Waals surface area contributed by atoms with E-state index in [1.54, 1.807) is 6.07 Å². The van der Waals surface area contributed by atoms with E-state index < -0.39 is 11.9 Å². The van der Waals surface area contributed by atoms with Gasteiger partial charge in [0, 0.05) is 5.39 Å². The zero-order valence-electron chi connectivity index (χ0n) is 12.3. The fourth-order valence-corrected chi connectivity index (χ4v) is 2.39. The first-order chi connectivity index (χ1) is 11.1. The maximum Gasteiger partial charge on any atom is 0.223 e. The Morgan fingerprint density at radius 1 is 1.17 bits per heavy atom. The Morgan fingerprint density at radius 2 is 2.00 bits per heavy atom. The number of halogens is 1. The normalized spacial score (nSPS) is 12.3. The number of para-hydroxylation sites is 1. The van der Waals surface area contributed by atoms with E-state index in [0.717, 1.165) is 11.0 Å². The topological polar surface area (TPSA) is 62.5 Å². The van der Waals surface area contributed by atoms with Gasteiger partial charge in [-0.05, 0) is 29.8 Å². The molecule has 118 valence electrons. The van der Waals surface area contributed by atoms with E-state index in [4.69, 9.17) is 4.42 Å². The van der Waals surface area contributed by atoms with Gasteiger partial charge in [0.25, 0.3) is 0 Å². The molecule has 1 amide bonds. The molecule has 0 saturated carbocycles. The van der Waals surface area contributed by atoms with Crippen LogP contribution < -0.4 is 5.32 Å². The number of carbonyl (C=O) groups is 1. The van der Waals surface area contributed by atoms with Gasteiger partial charge in [0.2, 0.25) is 5.91 Å². The molecule has 0 saturated heterocycles. The number of furan rings is 1. The molecule has 2 aromatic carbocycles. The van der Waals surface area contributed by atoms with Crippen LogP contribution in [0.15, 0.2) is 59.0 Å². The van der Waals surface area contributed by atoms with E-state index in [9.17, 15) is 14.3 Å². The number of rotatable bonds is 5. The molecule has 4 nitrogen and oxygen atoms in total. The average Bonchev–Trinajstić information content (AvgIpc) is 2.96. The van der Waals surface area contributed by atoms with Crippen LogP contribution in [0.4, 0.5) is 4.39 Å². The van der Waals surface area contributed by atoms with Gasteiger partial charge in [-0.3, -0.25) is 4.79 Å². The molecule has 0 fully saturated rings. The lowest BCUT2D eigenvalue weighted by atomic mass is 10.1. The van der Waals surface area contributed by atoms with Crippen LogP contribution in [-0.4, -0.2) is 11.0 Å². The highest BCUT2D eigenvalue weighted by Crippen LogP contribution is 2.19. The summed E-state index contributed by atoms with van der Waals surface area (Å²) in [4.78, 5) is 11.9. The summed E-state index contributed by atoms with van der Waals surface area (Å²) in [6, 6.07) is 15.0. The molecule has 1 heterocycles. The summed E-state index contributed by atoms with van der Waals surface area (Å²) in [5.74, 6) is -0.133. The van der Waals surface area contributed by atoms with Crippen molar-refractivity contribution in [3.63, 3.8) is 0 Å². The maximum absolute atomic E-state index is 13.1.